The van der Waals surface area contributed by atoms with Crippen LogP contribution in [0.1, 0.15) is 73.6 Å². The average molecular weight is 1100 g/mol. The number of nitrogens with zero attached hydrogens (tertiary/aromatic N) is 2. The Bertz CT molecular complexity index is 4840. The number of anilines is 6. The monoisotopic (exact) mass is 1100 g/mol. The summed E-state index contributed by atoms with van der Waals surface area (Å²) in [5.41, 5.74) is 23.9. The van der Waals surface area contributed by atoms with Gasteiger partial charge < -0.3 is 9.80 Å². The largest absolute Gasteiger partial charge is 0.310 e. The van der Waals surface area contributed by atoms with Crippen molar-refractivity contribution in [3.63, 3.8) is 0 Å². The Morgan fingerprint density at radius 3 is 0.977 bits per heavy atom. The van der Waals surface area contributed by atoms with Crippen molar-refractivity contribution in [1.29, 1.82) is 0 Å². The molecule has 15 aromatic rings. The van der Waals surface area contributed by atoms with E-state index in [1.807, 2.05) is 0 Å². The molecule has 0 radical (unpaired) electrons. The molecule has 0 N–H and O–H groups in total. The molecule has 0 aromatic heterocycles. The number of para-hydroxylation sites is 2. The van der Waals surface area contributed by atoms with Crippen molar-refractivity contribution < 1.29 is 0 Å². The molecule has 15 aromatic carbocycles. The maximum absolute atomic E-state index is 2.57. The predicted molar refractivity (Wildman–Crippen MR) is 363 cm³/mol. The van der Waals surface area contributed by atoms with Gasteiger partial charge in [0.1, 0.15) is 0 Å². The van der Waals surface area contributed by atoms with E-state index < -0.39 is 0 Å². The molecular weight excluding hydrogens is 1040 g/mol. The molecule has 0 bridgehead atoms. The summed E-state index contributed by atoms with van der Waals surface area (Å²) in [7, 11) is 0. The fourth-order valence-electron chi connectivity index (χ4n) is 17.8. The van der Waals surface area contributed by atoms with E-state index in [2.05, 4.69) is 277 Å². The molecule has 0 unspecified atom stereocenters. The molecule has 2 heteroatoms. The minimum Gasteiger partial charge on any atom is -0.310 e. The van der Waals surface area contributed by atoms with Gasteiger partial charge in [-0.3, -0.25) is 0 Å². The molecular formula is C84H60N2. The van der Waals surface area contributed by atoms with Gasteiger partial charge in [0.05, 0.1) is 11.4 Å². The standard InChI is InChI=1S/C84H60N2/c1-5-23-53(24-6-1)75-79-65-35-21-33-63-73(85(55-27-9-3-10-28-55)57-39-41-61-59-31-13-15-37-69(59)83(71(61)51-57)47-17-18-48-83)45-43-67(77(63)65)81(79)76(54-25-7-2-8-26-54)82-68-44-46-74(64-34-22-36-66(78(64)68)80(75)82)86(56-29-11-4-12-30-56)58-40-42-62-60-32-14-16-38-70(60)84(72(62)52-58)49-19-20-50-84/h1-16,21-46,51-52H,17-20,47-50H2. The number of fused-ring (bicyclic) bond motifs is 16. The molecule has 86 heavy (non-hydrogen) atoms. The van der Waals surface area contributed by atoms with Gasteiger partial charge in [0, 0.05) is 44.4 Å². The molecule has 2 spiro atoms. The predicted octanol–water partition coefficient (Wildman–Crippen LogP) is 23.4. The Morgan fingerprint density at radius 1 is 0.233 bits per heavy atom. The Balaban J connectivity index is 0.883. The van der Waals surface area contributed by atoms with Crippen molar-refractivity contribution in [3.05, 3.63) is 289 Å². The third kappa shape index (κ3) is 6.51. The van der Waals surface area contributed by atoms with Crippen LogP contribution in [0.5, 0.6) is 0 Å². The van der Waals surface area contributed by atoms with Crippen LogP contribution < -0.4 is 9.80 Å². The molecule has 2 fully saturated rings. The van der Waals surface area contributed by atoms with Gasteiger partial charge in [-0.05, 0) is 207 Å². The van der Waals surface area contributed by atoms with E-state index in [0.717, 1.165) is 11.4 Å². The fourth-order valence-corrected chi connectivity index (χ4v) is 17.8. The molecule has 2 saturated carbocycles. The normalized spacial score (nSPS) is 15.3. The Hall–Kier alpha value is -10.0. The lowest BCUT2D eigenvalue weighted by Crippen LogP contribution is -2.21. The molecule has 2 nitrogen and oxygen atoms in total. The maximum atomic E-state index is 2.57. The molecule has 4 aliphatic rings. The Kier molecular flexibility index (Phi) is 10.3. The minimum atomic E-state index is 0.0517. The van der Waals surface area contributed by atoms with Crippen LogP contribution >= 0.6 is 0 Å². The van der Waals surface area contributed by atoms with Crippen molar-refractivity contribution in [1.82, 2.24) is 0 Å². The topological polar surface area (TPSA) is 6.48 Å². The lowest BCUT2D eigenvalue weighted by atomic mass is 9.76. The molecule has 4 aliphatic carbocycles. The summed E-state index contributed by atoms with van der Waals surface area (Å²) in [6.45, 7) is 0. The molecule has 0 heterocycles. The Labute approximate surface area is 501 Å². The second kappa shape index (κ2) is 18.2. The van der Waals surface area contributed by atoms with Gasteiger partial charge in [0.2, 0.25) is 0 Å². The highest BCUT2D eigenvalue weighted by Crippen LogP contribution is 2.62. The van der Waals surface area contributed by atoms with Crippen molar-refractivity contribution in [2.24, 2.45) is 0 Å². The van der Waals surface area contributed by atoms with Crippen molar-refractivity contribution in [2.75, 3.05) is 9.80 Å². The zero-order valence-corrected chi connectivity index (χ0v) is 48.0. The van der Waals surface area contributed by atoms with Gasteiger partial charge in [-0.2, -0.15) is 0 Å². The summed E-state index contributed by atoms with van der Waals surface area (Å²) >= 11 is 0. The first-order valence-electron chi connectivity index (χ1n) is 31.3. The lowest BCUT2D eigenvalue weighted by molar-refractivity contribution is 0.550. The van der Waals surface area contributed by atoms with Crippen LogP contribution in [0.4, 0.5) is 34.1 Å². The van der Waals surface area contributed by atoms with Gasteiger partial charge >= 0.3 is 0 Å². The van der Waals surface area contributed by atoms with Crippen LogP contribution in [0, 0.1) is 0 Å². The van der Waals surface area contributed by atoms with Crippen LogP contribution in [0.3, 0.4) is 0 Å². The number of hydrogen-bond acceptors (Lipinski definition) is 2. The summed E-state index contributed by atoms with van der Waals surface area (Å²) in [5, 5.41) is 15.5. The molecule has 0 atom stereocenters. The van der Waals surface area contributed by atoms with Crippen LogP contribution in [-0.4, -0.2) is 0 Å². The third-order valence-electron chi connectivity index (χ3n) is 21.2. The summed E-state index contributed by atoms with van der Waals surface area (Å²) in [5.74, 6) is 0. The van der Waals surface area contributed by atoms with Crippen molar-refractivity contribution in [3.8, 4) is 44.5 Å². The second-order valence-corrected chi connectivity index (χ2v) is 25.2. The highest BCUT2D eigenvalue weighted by atomic mass is 15.1. The second-order valence-electron chi connectivity index (χ2n) is 25.2. The maximum Gasteiger partial charge on any atom is 0.0540 e. The SMILES string of the molecule is c1ccc(-c2c3c4cccc5c(N(c6ccccc6)c6ccc7c(c6)C6(CCCC6)c6ccccc6-7)ccc(c3c(-c3ccccc3)c3c6ccc(N(c7ccccc7)c7ccc8c(c7)C7(CCCC7)c7ccccc7-8)c7cccc(c23)c76)c54)cc1. The Morgan fingerprint density at radius 2 is 0.570 bits per heavy atom. The summed E-state index contributed by atoms with van der Waals surface area (Å²) in [6.07, 6.45) is 9.82. The van der Waals surface area contributed by atoms with E-state index in [1.54, 1.807) is 0 Å². The van der Waals surface area contributed by atoms with Crippen molar-refractivity contribution in [2.45, 2.75) is 62.2 Å². The first kappa shape index (κ1) is 48.4. The summed E-state index contributed by atoms with van der Waals surface area (Å²) < 4.78 is 0. The first-order valence-corrected chi connectivity index (χ1v) is 31.3. The van der Waals surface area contributed by atoms with E-state index in [1.165, 1.54) is 206 Å². The van der Waals surface area contributed by atoms with E-state index >= 15 is 0 Å². The first-order chi connectivity index (χ1) is 42.7. The fraction of sp³-hybridized carbons (Fsp3) is 0.119. The summed E-state index contributed by atoms with van der Waals surface area (Å²) in [6, 6.07) is 102. The minimum absolute atomic E-state index is 0.0517. The van der Waals surface area contributed by atoms with Crippen LogP contribution in [0.15, 0.2) is 267 Å². The van der Waals surface area contributed by atoms with Crippen molar-refractivity contribution >= 4 is 98.8 Å². The highest BCUT2D eigenvalue weighted by molar-refractivity contribution is 6.47. The summed E-state index contributed by atoms with van der Waals surface area (Å²) in [4.78, 5) is 5.10. The van der Waals surface area contributed by atoms with E-state index in [0.29, 0.717) is 0 Å². The third-order valence-corrected chi connectivity index (χ3v) is 21.2. The molecule has 0 amide bonds. The quantitative estimate of drug-likeness (QED) is 0.150. The molecule has 406 valence electrons. The van der Waals surface area contributed by atoms with Gasteiger partial charge in [0.25, 0.3) is 0 Å². The average Bonchev–Trinajstić information content (AvgIpc) is 1.56. The van der Waals surface area contributed by atoms with E-state index in [4.69, 9.17) is 0 Å². The number of rotatable bonds is 8. The molecule has 19 rings (SSSR count). The number of benzene rings is 13. The van der Waals surface area contributed by atoms with Crippen LogP contribution in [0.2, 0.25) is 0 Å². The van der Waals surface area contributed by atoms with Gasteiger partial charge in [0.15, 0.2) is 0 Å². The highest BCUT2D eigenvalue weighted by Gasteiger charge is 2.47. The lowest BCUT2D eigenvalue weighted by Gasteiger charge is -2.30. The molecule has 0 aliphatic heterocycles. The van der Waals surface area contributed by atoms with Crippen LogP contribution in [0.25, 0.3) is 109 Å². The van der Waals surface area contributed by atoms with Crippen LogP contribution in [-0.2, 0) is 10.8 Å². The number of hydrogen-bond donors (Lipinski definition) is 0. The van der Waals surface area contributed by atoms with Gasteiger partial charge in [-0.25, -0.2) is 0 Å². The molecule has 0 saturated heterocycles. The zero-order valence-electron chi connectivity index (χ0n) is 48.0. The zero-order chi connectivity index (χ0) is 56.2. The van der Waals surface area contributed by atoms with Gasteiger partial charge in [-0.1, -0.05) is 232 Å². The smallest absolute Gasteiger partial charge is 0.0540 e. The van der Waals surface area contributed by atoms with E-state index in [-0.39, 0.29) is 10.8 Å². The van der Waals surface area contributed by atoms with Gasteiger partial charge in [-0.15, -0.1) is 0 Å². The van der Waals surface area contributed by atoms with E-state index in [9.17, 15) is 0 Å².